The molecule has 0 radical (unpaired) electrons. The van der Waals surface area contributed by atoms with Crippen molar-refractivity contribution in [3.05, 3.63) is 17.3 Å². The molecule has 1 aliphatic heterocycles. The molecule has 1 saturated heterocycles. The highest BCUT2D eigenvalue weighted by molar-refractivity contribution is 5.89. The van der Waals surface area contributed by atoms with Gasteiger partial charge in [0.15, 0.2) is 5.65 Å². The molecule has 7 nitrogen and oxygen atoms in total. The number of alkyl halides is 3. The lowest BCUT2D eigenvalue weighted by molar-refractivity contribution is -0.139. The van der Waals surface area contributed by atoms with Crippen LogP contribution in [0.15, 0.2) is 6.07 Å². The van der Waals surface area contributed by atoms with Crippen molar-refractivity contribution in [1.29, 1.82) is 0 Å². The number of aliphatic hydroxyl groups is 1. The summed E-state index contributed by atoms with van der Waals surface area (Å²) in [6.45, 7) is 0.819. The average molecular weight is 425 g/mol. The van der Waals surface area contributed by atoms with Gasteiger partial charge in [-0.05, 0) is 31.7 Å². The summed E-state index contributed by atoms with van der Waals surface area (Å²) in [5.41, 5.74) is 3.99. The number of carbonyl (C=O) groups is 1. The van der Waals surface area contributed by atoms with Gasteiger partial charge in [0.1, 0.15) is 5.82 Å². The Morgan fingerprint density at radius 3 is 2.73 bits per heavy atom. The minimum Gasteiger partial charge on any atom is -0.389 e. The Morgan fingerprint density at radius 1 is 1.30 bits per heavy atom. The van der Waals surface area contributed by atoms with E-state index in [9.17, 15) is 23.1 Å². The molecule has 2 aromatic rings. The van der Waals surface area contributed by atoms with Gasteiger partial charge in [0.2, 0.25) is 5.91 Å². The van der Waals surface area contributed by atoms with E-state index in [4.69, 9.17) is 5.73 Å². The standard InChI is InChI=1S/C20H26F3N5O2/c21-20(22,23)13-9-14(25-18-16(13)17(24)26-27-18)12-5-4-8-28(11-12)15(29)10-19(30)6-2-1-3-7-19/h9,12,30H,1-8,10-11H2,(H3,24,25,26,27)/t12-/m0/s1. The number of hydrogen-bond donors (Lipinski definition) is 3. The summed E-state index contributed by atoms with van der Waals surface area (Å²) in [5.74, 6) is -0.644. The van der Waals surface area contributed by atoms with Gasteiger partial charge >= 0.3 is 6.18 Å². The molecule has 30 heavy (non-hydrogen) atoms. The van der Waals surface area contributed by atoms with E-state index in [-0.39, 0.29) is 47.3 Å². The fraction of sp³-hybridized carbons (Fsp3) is 0.650. The number of nitrogens with zero attached hydrogens (tertiary/aromatic N) is 3. The highest BCUT2D eigenvalue weighted by atomic mass is 19.4. The molecular weight excluding hydrogens is 399 g/mol. The number of likely N-dealkylation sites (tertiary alicyclic amines) is 1. The van der Waals surface area contributed by atoms with Crippen LogP contribution >= 0.6 is 0 Å². The molecule has 2 fully saturated rings. The Labute approximate surface area is 171 Å². The number of nitrogens with two attached hydrogens (primary N) is 1. The summed E-state index contributed by atoms with van der Waals surface area (Å²) in [4.78, 5) is 18.8. The molecule has 10 heteroatoms. The second-order valence-corrected chi connectivity index (χ2v) is 8.57. The van der Waals surface area contributed by atoms with Crippen molar-refractivity contribution in [3.8, 4) is 0 Å². The van der Waals surface area contributed by atoms with Gasteiger partial charge in [-0.2, -0.15) is 18.3 Å². The van der Waals surface area contributed by atoms with Crippen molar-refractivity contribution >= 4 is 22.8 Å². The van der Waals surface area contributed by atoms with Crippen molar-refractivity contribution in [2.75, 3.05) is 18.8 Å². The van der Waals surface area contributed by atoms with Gasteiger partial charge in [-0.15, -0.1) is 0 Å². The average Bonchev–Trinajstić information content (AvgIpc) is 3.08. The van der Waals surface area contributed by atoms with E-state index in [0.717, 1.165) is 25.3 Å². The number of pyridine rings is 1. The number of aromatic nitrogens is 3. The predicted octanol–water partition coefficient (Wildman–Crippen LogP) is 3.35. The van der Waals surface area contributed by atoms with Gasteiger partial charge in [-0.1, -0.05) is 19.3 Å². The van der Waals surface area contributed by atoms with Crippen LogP contribution in [0.2, 0.25) is 0 Å². The first-order chi connectivity index (χ1) is 14.2. The van der Waals surface area contributed by atoms with Gasteiger partial charge < -0.3 is 15.7 Å². The second-order valence-electron chi connectivity index (χ2n) is 8.57. The zero-order valence-electron chi connectivity index (χ0n) is 16.6. The Bertz CT molecular complexity index is 936. The Kier molecular flexibility index (Phi) is 5.37. The minimum atomic E-state index is -4.59. The normalized spacial score (nSPS) is 22.4. The zero-order chi connectivity index (χ0) is 21.5. The van der Waals surface area contributed by atoms with E-state index in [0.29, 0.717) is 32.2 Å². The zero-order valence-corrected chi connectivity index (χ0v) is 16.6. The fourth-order valence-electron chi connectivity index (χ4n) is 4.72. The van der Waals surface area contributed by atoms with Crippen LogP contribution in [-0.2, 0) is 11.0 Å². The molecule has 4 N–H and O–H groups in total. The number of carbonyl (C=O) groups excluding carboxylic acids is 1. The highest BCUT2D eigenvalue weighted by Crippen LogP contribution is 2.39. The third kappa shape index (κ3) is 4.10. The van der Waals surface area contributed by atoms with Crippen LogP contribution in [0.1, 0.15) is 68.5 Å². The Morgan fingerprint density at radius 2 is 2.03 bits per heavy atom. The van der Waals surface area contributed by atoms with Crippen LogP contribution < -0.4 is 5.73 Å². The lowest BCUT2D eigenvalue weighted by atomic mass is 9.82. The maximum atomic E-state index is 13.6. The van der Waals surface area contributed by atoms with Crippen molar-refractivity contribution in [2.24, 2.45) is 0 Å². The van der Waals surface area contributed by atoms with Crippen LogP contribution in [-0.4, -0.2) is 49.8 Å². The maximum Gasteiger partial charge on any atom is 0.417 e. The summed E-state index contributed by atoms with van der Waals surface area (Å²) < 4.78 is 40.8. The predicted molar refractivity (Wildman–Crippen MR) is 105 cm³/mol. The van der Waals surface area contributed by atoms with E-state index < -0.39 is 17.3 Å². The van der Waals surface area contributed by atoms with Crippen LogP contribution in [0, 0.1) is 0 Å². The molecule has 0 aromatic carbocycles. The van der Waals surface area contributed by atoms with Crippen molar-refractivity contribution < 1.29 is 23.1 Å². The van der Waals surface area contributed by atoms with Gasteiger partial charge in [0.25, 0.3) is 0 Å². The van der Waals surface area contributed by atoms with Gasteiger partial charge in [-0.3, -0.25) is 9.89 Å². The maximum absolute atomic E-state index is 13.6. The molecule has 1 aliphatic carbocycles. The third-order valence-electron chi connectivity index (χ3n) is 6.33. The fourth-order valence-corrected chi connectivity index (χ4v) is 4.72. The topological polar surface area (TPSA) is 108 Å². The Hall–Kier alpha value is -2.36. The van der Waals surface area contributed by atoms with Crippen LogP contribution in [0.5, 0.6) is 0 Å². The van der Waals surface area contributed by atoms with Crippen LogP contribution in [0.25, 0.3) is 11.0 Å². The summed E-state index contributed by atoms with van der Waals surface area (Å²) >= 11 is 0. The molecule has 4 rings (SSSR count). The number of H-pyrrole nitrogens is 1. The molecule has 1 atom stereocenters. The quantitative estimate of drug-likeness (QED) is 0.699. The molecule has 2 aliphatic rings. The van der Waals surface area contributed by atoms with Crippen molar-refractivity contribution in [1.82, 2.24) is 20.1 Å². The number of hydrogen-bond acceptors (Lipinski definition) is 5. The second kappa shape index (κ2) is 7.72. The van der Waals surface area contributed by atoms with E-state index in [1.807, 2.05) is 0 Å². The summed E-state index contributed by atoms with van der Waals surface area (Å²) in [6.07, 6.45) is 0.872. The first kappa shape index (κ1) is 20.9. The smallest absolute Gasteiger partial charge is 0.389 e. The molecule has 0 bridgehead atoms. The molecular formula is C20H26F3N5O2. The number of aromatic amines is 1. The number of halogens is 3. The number of amides is 1. The molecule has 2 aromatic heterocycles. The van der Waals surface area contributed by atoms with E-state index in [1.54, 1.807) is 4.90 Å². The molecule has 0 spiro atoms. The summed E-state index contributed by atoms with van der Waals surface area (Å²) in [6, 6.07) is 1.03. The lowest BCUT2D eigenvalue weighted by Crippen LogP contribution is -2.44. The van der Waals surface area contributed by atoms with Crippen LogP contribution in [0.4, 0.5) is 19.0 Å². The SMILES string of the molecule is Nc1[nH]nc2nc([C@H]3CCCN(C(=O)CC4(O)CCCCC4)C3)cc(C(F)(F)F)c12. The number of anilines is 1. The van der Waals surface area contributed by atoms with E-state index in [1.165, 1.54) is 0 Å². The molecule has 1 saturated carbocycles. The Balaban J connectivity index is 1.56. The number of piperidine rings is 1. The third-order valence-corrected chi connectivity index (χ3v) is 6.33. The van der Waals surface area contributed by atoms with Gasteiger partial charge in [0.05, 0.1) is 23.0 Å². The first-order valence-corrected chi connectivity index (χ1v) is 10.4. The summed E-state index contributed by atoms with van der Waals surface area (Å²) in [7, 11) is 0. The highest BCUT2D eigenvalue weighted by Gasteiger charge is 2.38. The number of fused-ring (bicyclic) bond motifs is 1. The monoisotopic (exact) mass is 425 g/mol. The van der Waals surface area contributed by atoms with Gasteiger partial charge in [-0.25, -0.2) is 4.98 Å². The molecule has 164 valence electrons. The van der Waals surface area contributed by atoms with Crippen LogP contribution in [0.3, 0.4) is 0 Å². The first-order valence-electron chi connectivity index (χ1n) is 10.4. The van der Waals surface area contributed by atoms with E-state index in [2.05, 4.69) is 15.2 Å². The molecule has 1 amide bonds. The lowest BCUT2D eigenvalue weighted by Gasteiger charge is -2.37. The minimum absolute atomic E-state index is 0.0654. The van der Waals surface area contributed by atoms with E-state index >= 15 is 0 Å². The van der Waals surface area contributed by atoms with Crippen molar-refractivity contribution in [3.63, 3.8) is 0 Å². The van der Waals surface area contributed by atoms with Gasteiger partial charge in [0, 0.05) is 24.7 Å². The number of rotatable bonds is 3. The summed E-state index contributed by atoms with van der Waals surface area (Å²) in [5, 5.41) is 16.6. The number of nitrogens with one attached hydrogen (secondary N) is 1. The molecule has 3 heterocycles. The largest absolute Gasteiger partial charge is 0.417 e. The van der Waals surface area contributed by atoms with Crippen molar-refractivity contribution in [2.45, 2.75) is 69.1 Å². The molecule has 0 unspecified atom stereocenters. The number of nitrogen functional groups attached to an aromatic ring is 1.